The van der Waals surface area contributed by atoms with Gasteiger partial charge in [-0.3, -0.25) is 10.1 Å². The van der Waals surface area contributed by atoms with Crippen molar-refractivity contribution in [3.8, 4) is 11.4 Å². The second-order valence-electron chi connectivity index (χ2n) is 4.95. The van der Waals surface area contributed by atoms with E-state index in [0.29, 0.717) is 5.82 Å². The number of imide groups is 1. The molecule has 2 aromatic rings. The Kier molecular flexibility index (Phi) is 5.80. The maximum Gasteiger partial charge on any atom is 0.321 e. The molecule has 0 aliphatic rings. The molecule has 23 heavy (non-hydrogen) atoms. The minimum Gasteiger partial charge on any atom is -0.335 e. The van der Waals surface area contributed by atoms with E-state index in [2.05, 4.69) is 42.0 Å². The minimum atomic E-state index is -0.532. The molecule has 0 bridgehead atoms. The van der Waals surface area contributed by atoms with Gasteiger partial charge in [-0.25, -0.2) is 4.79 Å². The van der Waals surface area contributed by atoms with Crippen molar-refractivity contribution in [3.63, 3.8) is 0 Å². The van der Waals surface area contributed by atoms with E-state index in [4.69, 9.17) is 0 Å². The van der Waals surface area contributed by atoms with Gasteiger partial charge in [-0.05, 0) is 30.7 Å². The zero-order valence-electron chi connectivity index (χ0n) is 12.8. The first-order valence-electron chi connectivity index (χ1n) is 7.12. The van der Waals surface area contributed by atoms with Gasteiger partial charge >= 0.3 is 6.03 Å². The largest absolute Gasteiger partial charge is 0.335 e. The molecule has 2 rings (SSSR count). The Morgan fingerprint density at radius 1 is 1.35 bits per heavy atom. The van der Waals surface area contributed by atoms with Gasteiger partial charge in [0.05, 0.1) is 0 Å². The lowest BCUT2D eigenvalue weighted by molar-refractivity contribution is -0.121. The maximum absolute atomic E-state index is 11.8. The second kappa shape index (κ2) is 7.82. The van der Waals surface area contributed by atoms with Crippen LogP contribution in [0, 0.1) is 0 Å². The summed E-state index contributed by atoms with van der Waals surface area (Å²) in [4.78, 5) is 24.5. The zero-order valence-corrected chi connectivity index (χ0v) is 14.4. The van der Waals surface area contributed by atoms with Crippen LogP contribution in [0.3, 0.4) is 0 Å². The van der Waals surface area contributed by atoms with Gasteiger partial charge in [0.15, 0.2) is 0 Å². The molecule has 0 fully saturated rings. The molecule has 0 radical (unpaired) electrons. The highest BCUT2D eigenvalue weighted by Crippen LogP contribution is 2.23. The fourth-order valence-corrected chi connectivity index (χ4v) is 2.18. The third-order valence-corrected chi connectivity index (χ3v) is 3.79. The van der Waals surface area contributed by atoms with Crippen LogP contribution in [0.4, 0.5) is 4.79 Å². The number of amides is 3. The first kappa shape index (κ1) is 17.1. The number of carbonyl (C=O) groups is 2. The first-order valence-corrected chi connectivity index (χ1v) is 7.92. The number of benzene rings is 1. The molecule has 1 atom stereocenters. The van der Waals surface area contributed by atoms with Gasteiger partial charge in [-0.2, -0.15) is 4.80 Å². The van der Waals surface area contributed by atoms with Gasteiger partial charge < -0.3 is 5.32 Å². The van der Waals surface area contributed by atoms with Crippen molar-refractivity contribution in [1.29, 1.82) is 0 Å². The van der Waals surface area contributed by atoms with Crippen LogP contribution in [0.2, 0.25) is 0 Å². The number of hydrogen-bond donors (Lipinski definition) is 2. The lowest BCUT2D eigenvalue weighted by Crippen LogP contribution is -2.44. The molecule has 1 aromatic heterocycles. The van der Waals surface area contributed by atoms with Gasteiger partial charge in [0.1, 0.15) is 6.54 Å². The number of tetrazole rings is 1. The number of aromatic nitrogens is 4. The number of hydrogen-bond acceptors (Lipinski definition) is 5. The molecule has 9 heteroatoms. The fourth-order valence-electron chi connectivity index (χ4n) is 1.72. The average Bonchev–Trinajstić information content (AvgIpc) is 2.95. The molecule has 8 nitrogen and oxygen atoms in total. The highest BCUT2D eigenvalue weighted by atomic mass is 79.9. The fraction of sp³-hybridized carbons (Fsp3) is 0.357. The normalized spacial score (nSPS) is 11.8. The Hall–Kier alpha value is -2.29. The zero-order chi connectivity index (χ0) is 16.8. The van der Waals surface area contributed by atoms with Gasteiger partial charge in [-0.1, -0.05) is 35.0 Å². The second-order valence-corrected chi connectivity index (χ2v) is 5.81. The summed E-state index contributed by atoms with van der Waals surface area (Å²) in [5.41, 5.74) is 0.772. The summed E-state index contributed by atoms with van der Waals surface area (Å²) in [7, 11) is 0. The number of rotatable bonds is 5. The van der Waals surface area contributed by atoms with Gasteiger partial charge in [0.2, 0.25) is 5.82 Å². The summed E-state index contributed by atoms with van der Waals surface area (Å²) in [5.74, 6) is -0.115. The van der Waals surface area contributed by atoms with Crippen molar-refractivity contribution in [3.05, 3.63) is 28.7 Å². The van der Waals surface area contributed by atoms with Gasteiger partial charge in [0.25, 0.3) is 5.91 Å². The lowest BCUT2D eigenvalue weighted by Gasteiger charge is -2.11. The lowest BCUT2D eigenvalue weighted by atomic mass is 10.2. The molecular formula is C14H17BrN6O2. The molecular weight excluding hydrogens is 364 g/mol. The topological polar surface area (TPSA) is 102 Å². The van der Waals surface area contributed by atoms with Crippen LogP contribution < -0.4 is 10.6 Å². The Morgan fingerprint density at radius 2 is 2.09 bits per heavy atom. The Labute approximate surface area is 141 Å². The highest BCUT2D eigenvalue weighted by molar-refractivity contribution is 9.10. The van der Waals surface area contributed by atoms with Crippen molar-refractivity contribution >= 4 is 27.9 Å². The third kappa shape index (κ3) is 4.85. The van der Waals surface area contributed by atoms with E-state index in [0.717, 1.165) is 21.3 Å². The molecule has 1 aromatic carbocycles. The molecule has 0 saturated carbocycles. The molecule has 2 N–H and O–H groups in total. The Balaban J connectivity index is 1.95. The number of halogens is 1. The SMILES string of the molecule is CC[C@@H](C)NC(=O)NC(=O)Cn1nnc(-c2ccccc2Br)n1. The van der Waals surface area contributed by atoms with E-state index in [1.807, 2.05) is 38.1 Å². The summed E-state index contributed by atoms with van der Waals surface area (Å²) in [6, 6.07) is 6.89. The van der Waals surface area contributed by atoms with Gasteiger partial charge in [0, 0.05) is 16.1 Å². The van der Waals surface area contributed by atoms with Crippen LogP contribution in [0.25, 0.3) is 11.4 Å². The number of nitrogens with one attached hydrogen (secondary N) is 2. The molecule has 0 unspecified atom stereocenters. The van der Waals surface area contributed by atoms with Crippen molar-refractivity contribution in [1.82, 2.24) is 30.8 Å². The highest BCUT2D eigenvalue weighted by Gasteiger charge is 2.13. The van der Waals surface area contributed by atoms with Crippen LogP contribution in [0.15, 0.2) is 28.7 Å². The predicted molar refractivity (Wildman–Crippen MR) is 87.4 cm³/mol. The van der Waals surface area contributed by atoms with E-state index in [9.17, 15) is 9.59 Å². The molecule has 122 valence electrons. The molecule has 0 spiro atoms. The van der Waals surface area contributed by atoms with E-state index >= 15 is 0 Å². The first-order chi connectivity index (χ1) is 11.0. The minimum absolute atomic E-state index is 0.00525. The van der Waals surface area contributed by atoms with Crippen LogP contribution in [0.1, 0.15) is 20.3 Å². The van der Waals surface area contributed by atoms with Crippen LogP contribution in [-0.2, 0) is 11.3 Å². The number of urea groups is 1. The molecule has 0 aliphatic carbocycles. The van der Waals surface area contributed by atoms with E-state index in [1.165, 1.54) is 0 Å². The average molecular weight is 381 g/mol. The Morgan fingerprint density at radius 3 is 2.78 bits per heavy atom. The van der Waals surface area contributed by atoms with Crippen LogP contribution >= 0.6 is 15.9 Å². The predicted octanol–water partition coefficient (Wildman–Crippen LogP) is 1.73. The smallest absolute Gasteiger partial charge is 0.321 e. The summed E-state index contributed by atoms with van der Waals surface area (Å²) < 4.78 is 0.830. The summed E-state index contributed by atoms with van der Waals surface area (Å²) in [5, 5.41) is 16.7. The van der Waals surface area contributed by atoms with E-state index in [1.54, 1.807) is 0 Å². The van der Waals surface area contributed by atoms with Crippen molar-refractivity contribution in [2.45, 2.75) is 32.9 Å². The van der Waals surface area contributed by atoms with Crippen molar-refractivity contribution in [2.24, 2.45) is 0 Å². The standard InChI is InChI=1S/C14H17BrN6O2/c1-3-9(2)16-14(23)17-12(22)8-21-19-13(18-20-21)10-6-4-5-7-11(10)15/h4-7,9H,3,8H2,1-2H3,(H2,16,17,22,23)/t9-/m1/s1. The monoisotopic (exact) mass is 380 g/mol. The van der Waals surface area contributed by atoms with Crippen molar-refractivity contribution in [2.75, 3.05) is 0 Å². The molecule has 3 amide bonds. The maximum atomic E-state index is 11.8. The Bertz CT molecular complexity index is 702. The van der Waals surface area contributed by atoms with E-state index in [-0.39, 0.29) is 12.6 Å². The van der Waals surface area contributed by atoms with Crippen molar-refractivity contribution < 1.29 is 9.59 Å². The summed E-state index contributed by atoms with van der Waals surface area (Å²) in [6.07, 6.45) is 0.779. The molecule has 0 aliphatic heterocycles. The van der Waals surface area contributed by atoms with Crippen LogP contribution in [-0.4, -0.2) is 38.2 Å². The molecule has 1 heterocycles. The van der Waals surface area contributed by atoms with E-state index < -0.39 is 11.9 Å². The molecule has 0 saturated heterocycles. The van der Waals surface area contributed by atoms with Gasteiger partial charge in [-0.15, -0.1) is 10.2 Å². The summed E-state index contributed by atoms with van der Waals surface area (Å²) in [6.45, 7) is 3.60. The quantitative estimate of drug-likeness (QED) is 0.821. The third-order valence-electron chi connectivity index (χ3n) is 3.10. The summed E-state index contributed by atoms with van der Waals surface area (Å²) >= 11 is 3.41. The number of nitrogens with zero attached hydrogens (tertiary/aromatic N) is 4. The number of carbonyl (C=O) groups excluding carboxylic acids is 2. The van der Waals surface area contributed by atoms with Crippen LogP contribution in [0.5, 0.6) is 0 Å².